The number of hydrogen-bond donors (Lipinski definition) is 1. The molecule has 4 nitrogen and oxygen atoms in total. The minimum absolute atomic E-state index is 0.182. The Balaban J connectivity index is 1.58. The standard InChI is InChI=1S/C14H24N2O2S/c1-17-14(6-7-18-10-14)9-15-13-16-12-5-3-2-4-11(12)8-19-13/h11-12H,2-10H2,1H3,(H,15,16). The normalized spacial score (nSPS) is 41.0. The Morgan fingerprint density at radius 1 is 1.47 bits per heavy atom. The van der Waals surface area contributed by atoms with Crippen LogP contribution in [-0.4, -0.2) is 49.4 Å². The number of amidine groups is 1. The molecule has 1 aliphatic carbocycles. The lowest BCUT2D eigenvalue weighted by atomic mass is 9.86. The van der Waals surface area contributed by atoms with Crippen molar-refractivity contribution in [2.45, 2.75) is 43.7 Å². The topological polar surface area (TPSA) is 42.8 Å². The molecule has 3 fully saturated rings. The summed E-state index contributed by atoms with van der Waals surface area (Å²) < 4.78 is 11.1. The molecule has 0 radical (unpaired) electrons. The van der Waals surface area contributed by atoms with E-state index >= 15 is 0 Å². The SMILES string of the molecule is COC1(CN=C2NC3CCCCC3CS2)CCOC1. The van der Waals surface area contributed by atoms with Gasteiger partial charge in [0, 0.05) is 31.9 Å². The lowest BCUT2D eigenvalue weighted by Gasteiger charge is -2.37. The Bertz CT molecular complexity index is 342. The van der Waals surface area contributed by atoms with Crippen LogP contribution < -0.4 is 5.32 Å². The number of aliphatic imine (C=N–C) groups is 1. The maximum absolute atomic E-state index is 5.63. The molecule has 108 valence electrons. The van der Waals surface area contributed by atoms with Crippen LogP contribution in [0.4, 0.5) is 0 Å². The lowest BCUT2D eigenvalue weighted by Crippen LogP contribution is -2.47. The summed E-state index contributed by atoms with van der Waals surface area (Å²) in [6.07, 6.45) is 6.41. The molecule has 3 unspecified atom stereocenters. The maximum Gasteiger partial charge on any atom is 0.156 e. The first-order valence-electron chi connectivity index (χ1n) is 7.38. The maximum atomic E-state index is 5.63. The summed E-state index contributed by atoms with van der Waals surface area (Å²) in [7, 11) is 1.77. The molecule has 0 bridgehead atoms. The third-order valence-corrected chi connectivity index (χ3v) is 5.78. The van der Waals surface area contributed by atoms with Crippen LogP contribution in [0.3, 0.4) is 0 Å². The summed E-state index contributed by atoms with van der Waals surface area (Å²) in [5.41, 5.74) is -0.182. The van der Waals surface area contributed by atoms with Gasteiger partial charge in [0.25, 0.3) is 0 Å². The van der Waals surface area contributed by atoms with E-state index in [4.69, 9.17) is 14.5 Å². The van der Waals surface area contributed by atoms with Crippen molar-refractivity contribution in [2.24, 2.45) is 10.9 Å². The first kappa shape index (κ1) is 13.7. The van der Waals surface area contributed by atoms with Gasteiger partial charge in [-0.25, -0.2) is 0 Å². The molecule has 1 N–H and O–H groups in total. The van der Waals surface area contributed by atoms with E-state index in [1.807, 2.05) is 11.8 Å². The molecule has 3 atom stereocenters. The molecule has 5 heteroatoms. The molecule has 0 aromatic carbocycles. The minimum atomic E-state index is -0.182. The van der Waals surface area contributed by atoms with E-state index in [2.05, 4.69) is 5.32 Å². The molecule has 1 saturated carbocycles. The summed E-state index contributed by atoms with van der Waals surface area (Å²) in [6, 6.07) is 0.659. The zero-order valence-electron chi connectivity index (χ0n) is 11.7. The predicted octanol–water partition coefficient (Wildman–Crippen LogP) is 2.04. The fourth-order valence-electron chi connectivity index (χ4n) is 3.23. The zero-order valence-corrected chi connectivity index (χ0v) is 12.5. The number of nitrogens with one attached hydrogen (secondary N) is 1. The predicted molar refractivity (Wildman–Crippen MR) is 78.8 cm³/mol. The second-order valence-electron chi connectivity index (χ2n) is 5.92. The molecular formula is C14H24N2O2S. The van der Waals surface area contributed by atoms with Gasteiger partial charge < -0.3 is 14.8 Å². The van der Waals surface area contributed by atoms with Gasteiger partial charge in [-0.05, 0) is 18.8 Å². The van der Waals surface area contributed by atoms with Crippen LogP contribution in [0.15, 0.2) is 4.99 Å². The van der Waals surface area contributed by atoms with Crippen molar-refractivity contribution in [3.63, 3.8) is 0 Å². The largest absolute Gasteiger partial charge is 0.378 e. The molecule has 0 amide bonds. The molecule has 2 aliphatic heterocycles. The van der Waals surface area contributed by atoms with Gasteiger partial charge in [0.1, 0.15) is 5.60 Å². The first-order valence-corrected chi connectivity index (χ1v) is 8.37. The highest BCUT2D eigenvalue weighted by Crippen LogP contribution is 2.32. The molecule has 3 aliphatic rings. The van der Waals surface area contributed by atoms with Crippen molar-refractivity contribution < 1.29 is 9.47 Å². The van der Waals surface area contributed by atoms with E-state index in [1.54, 1.807) is 7.11 Å². The van der Waals surface area contributed by atoms with Crippen LogP contribution in [0.2, 0.25) is 0 Å². The van der Waals surface area contributed by atoms with Crippen LogP contribution >= 0.6 is 11.8 Å². The summed E-state index contributed by atoms with van der Waals surface area (Å²) in [5.74, 6) is 2.08. The van der Waals surface area contributed by atoms with E-state index in [1.165, 1.54) is 31.4 Å². The second-order valence-corrected chi connectivity index (χ2v) is 6.93. The highest BCUT2D eigenvalue weighted by molar-refractivity contribution is 8.13. The Hall–Kier alpha value is -0.260. The van der Waals surface area contributed by atoms with Crippen LogP contribution in [0, 0.1) is 5.92 Å². The Morgan fingerprint density at radius 3 is 3.16 bits per heavy atom. The van der Waals surface area contributed by atoms with Gasteiger partial charge in [0.05, 0.1) is 13.2 Å². The fraction of sp³-hybridized carbons (Fsp3) is 0.929. The quantitative estimate of drug-likeness (QED) is 0.861. The number of fused-ring (bicyclic) bond motifs is 1. The van der Waals surface area contributed by atoms with Crippen LogP contribution in [0.5, 0.6) is 0 Å². The zero-order chi connectivity index (χ0) is 13.1. The molecule has 0 aromatic heterocycles. The van der Waals surface area contributed by atoms with Crippen molar-refractivity contribution >= 4 is 16.9 Å². The van der Waals surface area contributed by atoms with Crippen molar-refractivity contribution in [1.82, 2.24) is 5.32 Å². The van der Waals surface area contributed by atoms with Crippen molar-refractivity contribution in [3.05, 3.63) is 0 Å². The Kier molecular flexibility index (Phi) is 4.34. The molecular weight excluding hydrogens is 260 g/mol. The van der Waals surface area contributed by atoms with E-state index in [0.717, 1.165) is 30.7 Å². The number of methoxy groups -OCH3 is 1. The van der Waals surface area contributed by atoms with Crippen molar-refractivity contribution in [2.75, 3.05) is 32.6 Å². The van der Waals surface area contributed by atoms with E-state index in [9.17, 15) is 0 Å². The van der Waals surface area contributed by atoms with E-state index in [0.29, 0.717) is 12.6 Å². The van der Waals surface area contributed by atoms with Gasteiger partial charge in [-0.2, -0.15) is 0 Å². The molecule has 19 heavy (non-hydrogen) atoms. The molecule has 2 saturated heterocycles. The lowest BCUT2D eigenvalue weighted by molar-refractivity contribution is -0.00900. The van der Waals surface area contributed by atoms with Gasteiger partial charge in [0.2, 0.25) is 0 Å². The van der Waals surface area contributed by atoms with Crippen LogP contribution in [0.1, 0.15) is 32.1 Å². The Labute approximate surface area is 119 Å². The summed E-state index contributed by atoms with van der Waals surface area (Å²) in [5, 5.41) is 4.75. The average molecular weight is 284 g/mol. The van der Waals surface area contributed by atoms with Gasteiger partial charge >= 0.3 is 0 Å². The summed E-state index contributed by atoms with van der Waals surface area (Å²) >= 11 is 1.88. The van der Waals surface area contributed by atoms with Gasteiger partial charge in [-0.15, -0.1) is 0 Å². The highest BCUT2D eigenvalue weighted by Gasteiger charge is 2.36. The van der Waals surface area contributed by atoms with Crippen molar-refractivity contribution in [3.8, 4) is 0 Å². The number of hydrogen-bond acceptors (Lipinski definition) is 4. The minimum Gasteiger partial charge on any atom is -0.378 e. The monoisotopic (exact) mass is 284 g/mol. The van der Waals surface area contributed by atoms with Gasteiger partial charge in [-0.1, -0.05) is 24.6 Å². The van der Waals surface area contributed by atoms with Gasteiger partial charge in [0.15, 0.2) is 5.17 Å². The van der Waals surface area contributed by atoms with Gasteiger partial charge in [-0.3, -0.25) is 4.99 Å². The molecule has 2 heterocycles. The van der Waals surface area contributed by atoms with Crippen LogP contribution in [-0.2, 0) is 9.47 Å². The summed E-state index contributed by atoms with van der Waals surface area (Å²) in [6.45, 7) is 2.19. The van der Waals surface area contributed by atoms with Crippen LogP contribution in [0.25, 0.3) is 0 Å². The third-order valence-electron chi connectivity index (χ3n) is 4.66. The highest BCUT2D eigenvalue weighted by atomic mass is 32.2. The number of nitrogens with zero attached hydrogens (tertiary/aromatic N) is 1. The molecule has 0 aromatic rings. The number of rotatable bonds is 3. The third kappa shape index (κ3) is 3.09. The average Bonchev–Trinajstić information content (AvgIpc) is 2.94. The van der Waals surface area contributed by atoms with E-state index < -0.39 is 0 Å². The Morgan fingerprint density at radius 2 is 2.37 bits per heavy atom. The second kappa shape index (κ2) is 6.02. The number of thioether (sulfide) groups is 1. The first-order chi connectivity index (χ1) is 9.31. The van der Waals surface area contributed by atoms with E-state index in [-0.39, 0.29) is 5.60 Å². The summed E-state index contributed by atoms with van der Waals surface area (Å²) in [4.78, 5) is 4.76. The number of ether oxygens (including phenoxy) is 2. The smallest absolute Gasteiger partial charge is 0.156 e. The fourth-order valence-corrected chi connectivity index (χ4v) is 4.39. The van der Waals surface area contributed by atoms with Crippen molar-refractivity contribution in [1.29, 1.82) is 0 Å². The molecule has 3 rings (SSSR count). The molecule has 0 spiro atoms.